The van der Waals surface area contributed by atoms with E-state index < -0.39 is 17.2 Å². The van der Waals surface area contributed by atoms with Gasteiger partial charge in [-0.3, -0.25) is 24.9 Å². The minimum Gasteiger partial charge on any atom is -0.356 e. The number of halogens is 2. The lowest BCUT2D eigenvalue weighted by atomic mass is 9.80. The number of pyridine rings is 1. The van der Waals surface area contributed by atoms with Gasteiger partial charge in [0, 0.05) is 60.7 Å². The van der Waals surface area contributed by atoms with Crippen molar-refractivity contribution in [1.29, 1.82) is 0 Å². The van der Waals surface area contributed by atoms with Gasteiger partial charge < -0.3 is 4.74 Å². The summed E-state index contributed by atoms with van der Waals surface area (Å²) in [7, 11) is 3.50. The summed E-state index contributed by atoms with van der Waals surface area (Å²) in [6, 6.07) is 13.2. The number of hydrogen-bond acceptors (Lipinski definition) is 8. The number of thiol groups is 1. The predicted octanol–water partition coefficient (Wildman–Crippen LogP) is 7.13. The van der Waals surface area contributed by atoms with Crippen molar-refractivity contribution in [3.63, 3.8) is 0 Å². The van der Waals surface area contributed by atoms with E-state index in [0.29, 0.717) is 35.1 Å². The third-order valence-electron chi connectivity index (χ3n) is 8.14. The number of carbonyl (C=O) groups excluding carboxylic acids is 2. The van der Waals surface area contributed by atoms with Crippen LogP contribution in [-0.4, -0.2) is 52.0 Å². The molecule has 3 aliphatic heterocycles. The molecule has 0 radical (unpaired) electrons. The Morgan fingerprint density at radius 2 is 1.88 bits per heavy atom. The molecule has 0 saturated carbocycles. The fraction of sp³-hybridized carbons (Fsp3) is 0.355. The highest BCUT2D eigenvalue weighted by Gasteiger charge is 2.70. The van der Waals surface area contributed by atoms with Gasteiger partial charge in [0.15, 0.2) is 0 Å². The van der Waals surface area contributed by atoms with Crippen molar-refractivity contribution in [3.8, 4) is 10.6 Å². The molecule has 226 valence electrons. The van der Waals surface area contributed by atoms with Crippen LogP contribution in [0, 0.1) is 5.82 Å². The van der Waals surface area contributed by atoms with Gasteiger partial charge in [0.25, 0.3) is 0 Å². The Hall–Kier alpha value is -2.65. The number of rotatable bonds is 5. The van der Waals surface area contributed by atoms with Crippen LogP contribution in [0.3, 0.4) is 0 Å². The van der Waals surface area contributed by atoms with Crippen LogP contribution in [0.15, 0.2) is 60.2 Å². The third-order valence-corrected chi connectivity index (χ3v) is 8.96. The highest BCUT2D eigenvalue weighted by Crippen LogP contribution is 2.61. The Morgan fingerprint density at radius 3 is 2.56 bits per heavy atom. The normalized spacial score (nSPS) is 23.0. The van der Waals surface area contributed by atoms with Crippen LogP contribution in [0.1, 0.15) is 44.7 Å². The van der Waals surface area contributed by atoms with Crippen LogP contribution in [0.4, 0.5) is 14.9 Å². The van der Waals surface area contributed by atoms with E-state index in [4.69, 9.17) is 4.74 Å². The van der Waals surface area contributed by atoms with Crippen molar-refractivity contribution in [1.82, 2.24) is 20.2 Å². The quantitative estimate of drug-likeness (QED) is 0.129. The zero-order valence-corrected chi connectivity index (χ0v) is 28.0. The first-order valence-corrected chi connectivity index (χ1v) is 18.2. The molecule has 3 saturated heterocycles. The third kappa shape index (κ3) is 6.04. The number of ether oxygens (including phenoxy) is 1. The van der Waals surface area contributed by atoms with E-state index in [1.165, 1.54) is 16.7 Å². The first-order chi connectivity index (χ1) is 20.8. The molecule has 0 spiro atoms. The first kappa shape index (κ1) is 31.8. The molecule has 2 unspecified atom stereocenters. The number of anilines is 1. The van der Waals surface area contributed by atoms with Gasteiger partial charge in [0.2, 0.25) is 5.91 Å². The molecule has 43 heavy (non-hydrogen) atoms. The standard InChI is InChI=1S/C29H26FN5O3S.C2H6.HIS/c1-28-17-34(16-18-2-4-19(5-3-18)26-31-10-13-39-26)12-9-29(28,38-28)22-6-7-23-21(25(22)30)14-20(15-32-23)35-11-8-24(36)33-27(35)37;2*1-2/h2-7,10,13-15H,8-9,11-12,16-17H2,1H3,(H,33,36,37);1-2H3;2H. The number of amides is 3. The number of nitrogens with zero attached hydrogens (tertiary/aromatic N) is 4. The van der Waals surface area contributed by atoms with E-state index in [0.717, 1.165) is 23.7 Å². The SMILES string of the molecule is CC.CC12CN(Cc3ccc(-c4nccs4)cc3)CCC1(c1ccc3ncc(N4CCC(=O)NC4=O)cc3c1F)O2.SI. The summed E-state index contributed by atoms with van der Waals surface area (Å²) in [5.41, 5.74) is 2.62. The van der Waals surface area contributed by atoms with Gasteiger partial charge in [0.05, 0.1) is 17.4 Å². The van der Waals surface area contributed by atoms with E-state index in [9.17, 15) is 9.59 Å². The second-order valence-corrected chi connectivity index (χ2v) is 11.5. The summed E-state index contributed by atoms with van der Waals surface area (Å²) in [6.45, 7) is 8.55. The number of aromatic nitrogens is 2. The molecule has 12 heteroatoms. The Morgan fingerprint density at radius 1 is 1.12 bits per heavy atom. The molecule has 3 amide bonds. The van der Waals surface area contributed by atoms with Gasteiger partial charge >= 0.3 is 6.03 Å². The number of thiazole rings is 1. The highest BCUT2D eigenvalue weighted by molar-refractivity contribution is 14.2. The Labute approximate surface area is 272 Å². The molecule has 3 fully saturated rings. The molecular formula is C31H33FIN5O3S2. The zero-order chi connectivity index (χ0) is 30.8. The number of likely N-dealkylation sites (tertiary alicyclic amines) is 1. The largest absolute Gasteiger partial charge is 0.356 e. The Balaban J connectivity index is 0.000000885. The van der Waals surface area contributed by atoms with Crippen LogP contribution in [0.2, 0.25) is 0 Å². The fourth-order valence-electron chi connectivity index (χ4n) is 6.07. The number of benzene rings is 2. The van der Waals surface area contributed by atoms with Gasteiger partial charge in [-0.25, -0.2) is 14.2 Å². The smallest absolute Gasteiger partial charge is 0.328 e. The number of hydrogen-bond donors (Lipinski definition) is 2. The molecule has 1 N–H and O–H groups in total. The lowest BCUT2D eigenvalue weighted by Gasteiger charge is -2.33. The van der Waals surface area contributed by atoms with Gasteiger partial charge in [-0.05, 0) is 52.2 Å². The van der Waals surface area contributed by atoms with Crippen LogP contribution in [0.25, 0.3) is 21.5 Å². The fourth-order valence-corrected chi connectivity index (χ4v) is 6.71. The summed E-state index contributed by atoms with van der Waals surface area (Å²) in [4.78, 5) is 36.4. The molecule has 3 aliphatic rings. The van der Waals surface area contributed by atoms with Gasteiger partial charge in [-0.1, -0.05) is 44.2 Å². The molecule has 4 aromatic rings. The lowest BCUT2D eigenvalue weighted by Crippen LogP contribution is -2.49. The molecule has 8 nitrogen and oxygen atoms in total. The molecule has 5 heterocycles. The number of fused-ring (bicyclic) bond motifs is 2. The molecule has 2 aromatic carbocycles. The minimum atomic E-state index is -0.693. The van der Waals surface area contributed by atoms with Crippen molar-refractivity contribution < 1.29 is 18.7 Å². The summed E-state index contributed by atoms with van der Waals surface area (Å²) in [5.74, 6) is -0.688. The summed E-state index contributed by atoms with van der Waals surface area (Å²) in [5, 5.41) is 5.63. The average molecular weight is 734 g/mol. The Kier molecular flexibility index (Phi) is 9.71. The van der Waals surface area contributed by atoms with Crippen molar-refractivity contribution in [2.24, 2.45) is 0 Å². The number of urea groups is 1. The van der Waals surface area contributed by atoms with Crippen LogP contribution in [0.5, 0.6) is 0 Å². The number of imide groups is 1. The maximum atomic E-state index is 16.1. The summed E-state index contributed by atoms with van der Waals surface area (Å²) in [6.07, 6.45) is 4.21. The number of epoxide rings is 1. The van der Waals surface area contributed by atoms with Gasteiger partial charge in [-0.2, -0.15) is 0 Å². The summed E-state index contributed by atoms with van der Waals surface area (Å²) >= 11 is 3.47. The summed E-state index contributed by atoms with van der Waals surface area (Å²) < 4.78 is 22.4. The number of piperidine rings is 1. The van der Waals surface area contributed by atoms with E-state index in [2.05, 4.69) is 61.2 Å². The monoisotopic (exact) mass is 733 g/mol. The van der Waals surface area contributed by atoms with Crippen LogP contribution < -0.4 is 10.2 Å². The maximum absolute atomic E-state index is 16.1. The molecule has 7 rings (SSSR count). The van der Waals surface area contributed by atoms with Crippen LogP contribution >= 0.6 is 42.3 Å². The average Bonchev–Trinajstić information content (AvgIpc) is 3.33. The molecule has 0 aliphatic carbocycles. The number of carbonyl (C=O) groups is 2. The number of nitrogens with one attached hydrogen (secondary N) is 1. The van der Waals surface area contributed by atoms with Crippen molar-refractivity contribution in [2.45, 2.75) is 51.4 Å². The Bertz CT molecular complexity index is 1620. The molecule has 0 bridgehead atoms. The molecule has 2 atom stereocenters. The minimum absolute atomic E-state index is 0.189. The van der Waals surface area contributed by atoms with E-state index in [1.807, 2.05) is 52.7 Å². The molecular weight excluding hydrogens is 700 g/mol. The van der Waals surface area contributed by atoms with E-state index in [1.54, 1.807) is 23.5 Å². The van der Waals surface area contributed by atoms with Crippen molar-refractivity contribution >= 4 is 70.9 Å². The molecule has 2 aromatic heterocycles. The van der Waals surface area contributed by atoms with Crippen LogP contribution in [-0.2, 0) is 21.7 Å². The second kappa shape index (κ2) is 13.1. The predicted molar refractivity (Wildman–Crippen MR) is 180 cm³/mol. The van der Waals surface area contributed by atoms with E-state index in [-0.39, 0.29) is 24.7 Å². The lowest BCUT2D eigenvalue weighted by molar-refractivity contribution is -0.120. The van der Waals surface area contributed by atoms with Gasteiger partial charge in [0.1, 0.15) is 22.0 Å². The maximum Gasteiger partial charge on any atom is 0.328 e. The van der Waals surface area contributed by atoms with Crippen molar-refractivity contribution in [2.75, 3.05) is 24.5 Å². The highest BCUT2D eigenvalue weighted by atomic mass is 127. The topological polar surface area (TPSA) is 91.0 Å². The van der Waals surface area contributed by atoms with Crippen molar-refractivity contribution in [3.05, 3.63) is 77.2 Å². The second-order valence-electron chi connectivity index (χ2n) is 10.6. The zero-order valence-electron chi connectivity index (χ0n) is 24.1. The first-order valence-electron chi connectivity index (χ1n) is 14.1. The van der Waals surface area contributed by atoms with E-state index >= 15 is 4.39 Å². The van der Waals surface area contributed by atoms with Gasteiger partial charge in [-0.15, -0.1) is 21.1 Å².